The molecule has 2 amide bonds. The predicted octanol–water partition coefficient (Wildman–Crippen LogP) is 3.76. The van der Waals surface area contributed by atoms with E-state index in [1.54, 1.807) is 0 Å². The quantitative estimate of drug-likeness (QED) is 0.485. The lowest BCUT2D eigenvalue weighted by atomic mass is 10.1. The Bertz CT molecular complexity index is 1160. The molecule has 0 aliphatic carbocycles. The molecule has 0 fully saturated rings. The number of nitrogens with zero attached hydrogens (tertiary/aromatic N) is 2. The number of carbonyl (C=O) groups excluding carboxylic acids is 3. The highest BCUT2D eigenvalue weighted by atomic mass is 19.4. The molecule has 0 radical (unpaired) electrons. The summed E-state index contributed by atoms with van der Waals surface area (Å²) < 4.78 is 51.4. The van der Waals surface area contributed by atoms with Crippen molar-refractivity contribution in [1.82, 2.24) is 4.98 Å². The zero-order valence-electron chi connectivity index (χ0n) is 16.0. The average Bonchev–Trinajstić information content (AvgIpc) is 2.77. The molecule has 0 saturated heterocycles. The van der Waals surface area contributed by atoms with Crippen molar-refractivity contribution in [3.05, 3.63) is 95.1 Å². The first kappa shape index (κ1) is 22.4. The molecule has 0 unspecified atom stereocenters. The fourth-order valence-corrected chi connectivity index (χ4v) is 2.52. The standard InChI is InChI=1S/C21H13F4N3O4/c22-15-7-4-12(5-8-15)20(31)32-28(16-3-1-2-13(10-16)18(26)29)19(30)14-6-9-17(27-11-14)21(23,24)25/h1-11H,(H2,26,29). The third-order valence-electron chi connectivity index (χ3n) is 4.10. The van der Waals surface area contributed by atoms with Crippen molar-refractivity contribution in [1.29, 1.82) is 0 Å². The highest BCUT2D eigenvalue weighted by Crippen LogP contribution is 2.28. The number of rotatable bonds is 4. The van der Waals surface area contributed by atoms with Crippen LogP contribution in [0.15, 0.2) is 66.9 Å². The van der Waals surface area contributed by atoms with Crippen molar-refractivity contribution in [2.45, 2.75) is 6.18 Å². The fourth-order valence-electron chi connectivity index (χ4n) is 2.52. The van der Waals surface area contributed by atoms with Crippen molar-refractivity contribution in [3.8, 4) is 0 Å². The van der Waals surface area contributed by atoms with Gasteiger partial charge in [-0.15, -0.1) is 5.06 Å². The number of pyridine rings is 1. The van der Waals surface area contributed by atoms with Crippen molar-refractivity contribution in [2.24, 2.45) is 5.73 Å². The van der Waals surface area contributed by atoms with Crippen LogP contribution in [0.2, 0.25) is 0 Å². The minimum absolute atomic E-state index is 0.0244. The number of aromatic nitrogens is 1. The van der Waals surface area contributed by atoms with E-state index in [-0.39, 0.29) is 22.4 Å². The number of halogens is 4. The van der Waals surface area contributed by atoms with Crippen LogP contribution in [0.4, 0.5) is 23.2 Å². The lowest BCUT2D eigenvalue weighted by Gasteiger charge is -2.21. The van der Waals surface area contributed by atoms with Gasteiger partial charge in [-0.1, -0.05) is 6.07 Å². The van der Waals surface area contributed by atoms with E-state index >= 15 is 0 Å². The van der Waals surface area contributed by atoms with Gasteiger partial charge in [0.15, 0.2) is 0 Å². The van der Waals surface area contributed by atoms with Crippen LogP contribution in [0.3, 0.4) is 0 Å². The second-order valence-corrected chi connectivity index (χ2v) is 6.33. The fraction of sp³-hybridized carbons (Fsp3) is 0.0476. The molecule has 3 aromatic rings. The minimum Gasteiger partial charge on any atom is -0.366 e. The normalized spacial score (nSPS) is 11.0. The van der Waals surface area contributed by atoms with E-state index in [4.69, 9.17) is 10.6 Å². The summed E-state index contributed by atoms with van der Waals surface area (Å²) in [6, 6.07) is 10.8. The summed E-state index contributed by atoms with van der Waals surface area (Å²) in [5.41, 5.74) is 3.43. The molecule has 0 aliphatic heterocycles. The van der Waals surface area contributed by atoms with Gasteiger partial charge in [0.2, 0.25) is 5.91 Å². The molecular formula is C21H13F4N3O4. The molecule has 1 heterocycles. The van der Waals surface area contributed by atoms with Crippen LogP contribution in [0, 0.1) is 5.82 Å². The molecule has 11 heteroatoms. The van der Waals surface area contributed by atoms with Gasteiger partial charge in [0.05, 0.1) is 16.8 Å². The summed E-state index contributed by atoms with van der Waals surface area (Å²) in [5, 5.41) is 0.475. The van der Waals surface area contributed by atoms with Gasteiger partial charge in [-0.3, -0.25) is 14.6 Å². The van der Waals surface area contributed by atoms with Crippen molar-refractivity contribution in [3.63, 3.8) is 0 Å². The second kappa shape index (κ2) is 8.84. The van der Waals surface area contributed by atoms with E-state index in [1.807, 2.05) is 0 Å². The SMILES string of the molecule is NC(=O)c1cccc(N(OC(=O)c2ccc(F)cc2)C(=O)c2ccc(C(F)(F)F)nc2)c1. The molecule has 7 nitrogen and oxygen atoms in total. The largest absolute Gasteiger partial charge is 0.433 e. The molecule has 1 aromatic heterocycles. The van der Waals surface area contributed by atoms with E-state index in [1.165, 1.54) is 18.2 Å². The van der Waals surface area contributed by atoms with Crippen LogP contribution in [-0.2, 0) is 11.0 Å². The smallest absolute Gasteiger partial charge is 0.366 e. The van der Waals surface area contributed by atoms with E-state index in [9.17, 15) is 31.9 Å². The number of primary amides is 1. The van der Waals surface area contributed by atoms with E-state index < -0.39 is 35.5 Å². The molecule has 3 rings (SSSR count). The first-order valence-electron chi connectivity index (χ1n) is 8.81. The summed E-state index contributed by atoms with van der Waals surface area (Å²) in [6.45, 7) is 0. The van der Waals surface area contributed by atoms with Crippen molar-refractivity contribution in [2.75, 3.05) is 5.06 Å². The minimum atomic E-state index is -4.72. The highest BCUT2D eigenvalue weighted by molar-refractivity contribution is 6.07. The Balaban J connectivity index is 1.98. The molecule has 0 bridgehead atoms. The maximum atomic E-state index is 13.1. The van der Waals surface area contributed by atoms with E-state index in [2.05, 4.69) is 4.98 Å². The Hall–Kier alpha value is -4.28. The summed E-state index contributed by atoms with van der Waals surface area (Å²) >= 11 is 0. The Morgan fingerprint density at radius 3 is 2.12 bits per heavy atom. The van der Waals surface area contributed by atoms with Gasteiger partial charge < -0.3 is 10.6 Å². The molecule has 164 valence electrons. The summed E-state index contributed by atoms with van der Waals surface area (Å²) in [5.74, 6) is -3.56. The average molecular weight is 447 g/mol. The molecular weight excluding hydrogens is 434 g/mol. The highest BCUT2D eigenvalue weighted by Gasteiger charge is 2.33. The zero-order chi connectivity index (χ0) is 23.5. The maximum absolute atomic E-state index is 13.1. The molecule has 32 heavy (non-hydrogen) atoms. The first-order chi connectivity index (χ1) is 15.1. The number of anilines is 1. The Morgan fingerprint density at radius 1 is 0.906 bits per heavy atom. The van der Waals surface area contributed by atoms with Gasteiger partial charge >= 0.3 is 12.1 Å². The Labute approximate surface area is 178 Å². The number of benzene rings is 2. The third kappa shape index (κ3) is 5.06. The first-order valence-corrected chi connectivity index (χ1v) is 8.81. The van der Waals surface area contributed by atoms with Gasteiger partial charge in [-0.05, 0) is 54.6 Å². The van der Waals surface area contributed by atoms with Crippen molar-refractivity contribution < 1.29 is 36.8 Å². The predicted molar refractivity (Wildman–Crippen MR) is 103 cm³/mol. The number of alkyl halides is 3. The maximum Gasteiger partial charge on any atom is 0.433 e. The van der Waals surface area contributed by atoms with Gasteiger partial charge in [-0.2, -0.15) is 13.2 Å². The molecule has 2 N–H and O–H groups in total. The van der Waals surface area contributed by atoms with Crippen LogP contribution in [-0.4, -0.2) is 22.8 Å². The summed E-state index contributed by atoms with van der Waals surface area (Å²) in [6.07, 6.45) is -4.05. The summed E-state index contributed by atoms with van der Waals surface area (Å²) in [7, 11) is 0. The van der Waals surface area contributed by atoms with Crippen LogP contribution in [0.5, 0.6) is 0 Å². The number of hydrogen-bond acceptors (Lipinski definition) is 5. The number of carbonyl (C=O) groups is 3. The van der Waals surface area contributed by atoms with Gasteiger partial charge in [-0.25, -0.2) is 9.18 Å². The van der Waals surface area contributed by atoms with Gasteiger partial charge in [0.25, 0.3) is 5.91 Å². The molecule has 0 saturated carbocycles. The monoisotopic (exact) mass is 447 g/mol. The van der Waals surface area contributed by atoms with Crippen LogP contribution < -0.4 is 10.8 Å². The zero-order valence-corrected chi connectivity index (χ0v) is 16.0. The van der Waals surface area contributed by atoms with Crippen LogP contribution in [0.1, 0.15) is 36.8 Å². The Morgan fingerprint density at radius 2 is 1.56 bits per heavy atom. The molecule has 2 aromatic carbocycles. The van der Waals surface area contributed by atoms with Crippen LogP contribution in [0.25, 0.3) is 0 Å². The Kier molecular flexibility index (Phi) is 6.19. The topological polar surface area (TPSA) is 103 Å². The third-order valence-corrected chi connectivity index (χ3v) is 4.10. The van der Waals surface area contributed by atoms with E-state index in [0.29, 0.717) is 17.3 Å². The van der Waals surface area contributed by atoms with Crippen LogP contribution >= 0.6 is 0 Å². The van der Waals surface area contributed by atoms with Crippen molar-refractivity contribution >= 4 is 23.5 Å². The van der Waals surface area contributed by atoms with Gasteiger partial charge in [0, 0.05) is 11.8 Å². The second-order valence-electron chi connectivity index (χ2n) is 6.33. The summed E-state index contributed by atoms with van der Waals surface area (Å²) in [4.78, 5) is 45.3. The molecule has 0 aliphatic rings. The number of hydroxylamine groups is 1. The molecule has 0 atom stereocenters. The lowest BCUT2D eigenvalue weighted by molar-refractivity contribution is -0.141. The molecule has 0 spiro atoms. The van der Waals surface area contributed by atoms with E-state index in [0.717, 1.165) is 36.4 Å². The lowest BCUT2D eigenvalue weighted by Crippen LogP contribution is -2.34. The number of hydrogen-bond donors (Lipinski definition) is 1. The van der Waals surface area contributed by atoms with Gasteiger partial charge in [0.1, 0.15) is 11.5 Å². The number of nitrogens with two attached hydrogens (primary N) is 1. The number of amides is 2.